The first kappa shape index (κ1) is 21.5. The summed E-state index contributed by atoms with van der Waals surface area (Å²) in [6.45, 7) is 4.07. The Bertz CT molecular complexity index is 888. The molecule has 0 aliphatic carbocycles. The topological polar surface area (TPSA) is 81.9 Å². The highest BCUT2D eigenvalue weighted by Crippen LogP contribution is 2.32. The first-order chi connectivity index (χ1) is 14.4. The van der Waals surface area contributed by atoms with Crippen LogP contribution in [0.15, 0.2) is 42.5 Å². The minimum absolute atomic E-state index is 0.0850. The van der Waals surface area contributed by atoms with Crippen molar-refractivity contribution >= 4 is 17.3 Å². The highest BCUT2D eigenvalue weighted by molar-refractivity contribution is 5.91. The number of nitro benzene ring substituents is 1. The molecule has 0 aromatic heterocycles. The SMILES string of the molecule is C[C@@H]1CCCN(c2ccc(C(=O)OCCCOc3ccc(F)cc3)cc2[N+](=O)[O-])C1. The molecule has 8 heteroatoms. The van der Waals surface area contributed by atoms with E-state index in [0.717, 1.165) is 25.9 Å². The Morgan fingerprint density at radius 1 is 1.23 bits per heavy atom. The maximum Gasteiger partial charge on any atom is 0.338 e. The number of hydrogen-bond donors (Lipinski definition) is 0. The fourth-order valence-corrected chi connectivity index (χ4v) is 3.50. The number of nitrogens with zero attached hydrogens (tertiary/aromatic N) is 2. The molecule has 160 valence electrons. The first-order valence-electron chi connectivity index (χ1n) is 10.0. The van der Waals surface area contributed by atoms with Crippen LogP contribution in [0.5, 0.6) is 5.75 Å². The van der Waals surface area contributed by atoms with Crippen molar-refractivity contribution in [1.82, 2.24) is 0 Å². The fraction of sp³-hybridized carbons (Fsp3) is 0.409. The summed E-state index contributed by atoms with van der Waals surface area (Å²) in [5.74, 6) is 0.0470. The summed E-state index contributed by atoms with van der Waals surface area (Å²) < 4.78 is 23.5. The van der Waals surface area contributed by atoms with Gasteiger partial charge in [0.2, 0.25) is 0 Å². The number of rotatable bonds is 8. The lowest BCUT2D eigenvalue weighted by Crippen LogP contribution is -2.34. The molecule has 3 rings (SSSR count). The van der Waals surface area contributed by atoms with E-state index in [-0.39, 0.29) is 23.7 Å². The minimum Gasteiger partial charge on any atom is -0.493 e. The molecule has 0 spiro atoms. The van der Waals surface area contributed by atoms with Gasteiger partial charge in [0, 0.05) is 25.6 Å². The van der Waals surface area contributed by atoms with Gasteiger partial charge in [0.1, 0.15) is 17.3 Å². The minimum atomic E-state index is -0.613. The molecule has 1 aliphatic rings. The summed E-state index contributed by atoms with van der Waals surface area (Å²) in [6, 6.07) is 10.1. The van der Waals surface area contributed by atoms with Crippen LogP contribution in [0.25, 0.3) is 0 Å². The van der Waals surface area contributed by atoms with Crippen LogP contribution < -0.4 is 9.64 Å². The number of anilines is 1. The Morgan fingerprint density at radius 2 is 2.00 bits per heavy atom. The van der Waals surface area contributed by atoms with Gasteiger partial charge in [-0.15, -0.1) is 0 Å². The number of carbonyl (C=O) groups is 1. The van der Waals surface area contributed by atoms with Gasteiger partial charge in [-0.25, -0.2) is 9.18 Å². The highest BCUT2D eigenvalue weighted by Gasteiger charge is 2.25. The van der Waals surface area contributed by atoms with Crippen LogP contribution in [-0.4, -0.2) is 37.2 Å². The molecule has 30 heavy (non-hydrogen) atoms. The van der Waals surface area contributed by atoms with Crippen molar-refractivity contribution in [2.24, 2.45) is 5.92 Å². The largest absolute Gasteiger partial charge is 0.493 e. The van der Waals surface area contributed by atoms with Crippen LogP contribution in [0.2, 0.25) is 0 Å². The molecule has 0 radical (unpaired) electrons. The van der Waals surface area contributed by atoms with Gasteiger partial charge in [-0.05, 0) is 55.2 Å². The molecule has 1 heterocycles. The summed E-state index contributed by atoms with van der Waals surface area (Å²) in [6.07, 6.45) is 2.54. The van der Waals surface area contributed by atoms with Crippen LogP contribution in [0, 0.1) is 21.8 Å². The second-order valence-corrected chi connectivity index (χ2v) is 7.45. The van der Waals surface area contributed by atoms with E-state index in [0.29, 0.717) is 30.4 Å². The molecule has 1 aliphatic heterocycles. The molecule has 1 saturated heterocycles. The van der Waals surface area contributed by atoms with Gasteiger partial charge in [-0.2, -0.15) is 0 Å². The Hall–Kier alpha value is -3.16. The number of piperidine rings is 1. The average molecular weight is 416 g/mol. The molecular weight excluding hydrogens is 391 g/mol. The predicted molar refractivity (Wildman–Crippen MR) is 111 cm³/mol. The summed E-state index contributed by atoms with van der Waals surface area (Å²) in [5.41, 5.74) is 0.601. The zero-order valence-corrected chi connectivity index (χ0v) is 16.9. The van der Waals surface area contributed by atoms with Crippen molar-refractivity contribution in [1.29, 1.82) is 0 Å². The summed E-state index contributed by atoms with van der Waals surface area (Å²) in [4.78, 5) is 25.4. The lowest BCUT2D eigenvalue weighted by atomic mass is 9.99. The van der Waals surface area contributed by atoms with E-state index in [9.17, 15) is 19.3 Å². The third kappa shape index (κ3) is 5.68. The molecule has 2 aromatic carbocycles. The number of nitro groups is 1. The van der Waals surface area contributed by atoms with Gasteiger partial charge in [-0.3, -0.25) is 10.1 Å². The van der Waals surface area contributed by atoms with E-state index in [1.165, 1.54) is 30.3 Å². The zero-order valence-electron chi connectivity index (χ0n) is 16.9. The number of hydrogen-bond acceptors (Lipinski definition) is 6. The van der Waals surface area contributed by atoms with Gasteiger partial charge >= 0.3 is 5.97 Å². The van der Waals surface area contributed by atoms with Crippen LogP contribution in [0.4, 0.5) is 15.8 Å². The average Bonchev–Trinajstić information content (AvgIpc) is 2.74. The van der Waals surface area contributed by atoms with Crippen LogP contribution in [0.1, 0.15) is 36.5 Å². The number of benzene rings is 2. The Balaban J connectivity index is 1.54. The molecule has 0 N–H and O–H groups in total. The molecular formula is C22H25FN2O5. The highest BCUT2D eigenvalue weighted by atomic mass is 19.1. The molecule has 1 atom stereocenters. The van der Waals surface area contributed by atoms with Crippen molar-refractivity contribution in [2.75, 3.05) is 31.2 Å². The van der Waals surface area contributed by atoms with E-state index in [4.69, 9.17) is 9.47 Å². The Morgan fingerprint density at radius 3 is 2.70 bits per heavy atom. The number of esters is 1. The second kappa shape index (κ2) is 10.0. The van der Waals surface area contributed by atoms with Gasteiger partial charge < -0.3 is 14.4 Å². The van der Waals surface area contributed by atoms with Crippen molar-refractivity contribution in [3.05, 3.63) is 64.0 Å². The normalized spacial score (nSPS) is 16.2. The predicted octanol–water partition coefficient (Wildman–Crippen LogP) is 4.60. The molecule has 0 unspecified atom stereocenters. The smallest absolute Gasteiger partial charge is 0.338 e. The van der Waals surface area contributed by atoms with E-state index in [1.807, 2.05) is 4.90 Å². The van der Waals surface area contributed by atoms with Gasteiger partial charge in [0.05, 0.1) is 23.7 Å². The maximum atomic E-state index is 12.8. The Labute approximate surface area is 174 Å². The van der Waals surface area contributed by atoms with Crippen molar-refractivity contribution in [3.63, 3.8) is 0 Å². The van der Waals surface area contributed by atoms with Crippen molar-refractivity contribution in [3.8, 4) is 5.75 Å². The van der Waals surface area contributed by atoms with E-state index in [1.54, 1.807) is 12.1 Å². The third-order valence-electron chi connectivity index (χ3n) is 5.01. The molecule has 7 nitrogen and oxygen atoms in total. The van der Waals surface area contributed by atoms with Crippen molar-refractivity contribution in [2.45, 2.75) is 26.2 Å². The Kier molecular flexibility index (Phi) is 7.21. The maximum absolute atomic E-state index is 12.8. The van der Waals surface area contributed by atoms with E-state index in [2.05, 4.69) is 6.92 Å². The van der Waals surface area contributed by atoms with Crippen LogP contribution in [0.3, 0.4) is 0 Å². The molecule has 2 aromatic rings. The lowest BCUT2D eigenvalue weighted by molar-refractivity contribution is -0.384. The van der Waals surface area contributed by atoms with Gasteiger partial charge in [0.15, 0.2) is 0 Å². The fourth-order valence-electron chi connectivity index (χ4n) is 3.50. The number of carbonyl (C=O) groups excluding carboxylic acids is 1. The van der Waals surface area contributed by atoms with E-state index < -0.39 is 10.9 Å². The van der Waals surface area contributed by atoms with Crippen molar-refractivity contribution < 1.29 is 23.6 Å². The quantitative estimate of drug-likeness (QED) is 0.271. The van der Waals surface area contributed by atoms with Crippen LogP contribution in [-0.2, 0) is 4.74 Å². The van der Waals surface area contributed by atoms with E-state index >= 15 is 0 Å². The summed E-state index contributed by atoms with van der Waals surface area (Å²) in [7, 11) is 0. The number of ether oxygens (including phenoxy) is 2. The lowest BCUT2D eigenvalue weighted by Gasteiger charge is -2.32. The second-order valence-electron chi connectivity index (χ2n) is 7.45. The first-order valence-corrected chi connectivity index (χ1v) is 10.0. The zero-order chi connectivity index (χ0) is 21.5. The molecule has 0 amide bonds. The monoisotopic (exact) mass is 416 g/mol. The van der Waals surface area contributed by atoms with Crippen LogP contribution >= 0.6 is 0 Å². The van der Waals surface area contributed by atoms with Gasteiger partial charge in [-0.1, -0.05) is 6.92 Å². The molecule has 1 fully saturated rings. The molecule has 0 bridgehead atoms. The van der Waals surface area contributed by atoms with Gasteiger partial charge in [0.25, 0.3) is 5.69 Å². The molecule has 0 saturated carbocycles. The summed E-state index contributed by atoms with van der Waals surface area (Å²) in [5, 5.41) is 11.6. The standard InChI is InChI=1S/C22H25FN2O5/c1-16-4-2-11-24(15-16)20-10-5-17(14-21(20)25(27)28)22(26)30-13-3-12-29-19-8-6-18(23)7-9-19/h5-10,14,16H,2-4,11-13,15H2,1H3/t16-/m1/s1. The summed E-state index contributed by atoms with van der Waals surface area (Å²) >= 11 is 0. The number of halogens is 1. The third-order valence-corrected chi connectivity index (χ3v) is 5.01.